The molecule has 2 atom stereocenters. The molecule has 0 aromatic heterocycles. The van der Waals surface area contributed by atoms with E-state index in [0.29, 0.717) is 12.1 Å². The molecule has 16 heavy (non-hydrogen) atoms. The Balaban J connectivity index is 2.11. The van der Waals surface area contributed by atoms with Gasteiger partial charge in [0.05, 0.1) is 6.10 Å². The summed E-state index contributed by atoms with van der Waals surface area (Å²) in [6, 6.07) is 0.688. The number of nitrogens with one attached hydrogen (secondary N) is 1. The molecule has 2 heteroatoms. The molecule has 1 fully saturated rings. The number of ether oxygens (including phenoxy) is 1. The van der Waals surface area contributed by atoms with Crippen molar-refractivity contribution < 1.29 is 4.74 Å². The van der Waals surface area contributed by atoms with E-state index in [1.807, 2.05) is 0 Å². The van der Waals surface area contributed by atoms with E-state index in [-0.39, 0.29) is 0 Å². The molecule has 1 aliphatic rings. The average Bonchev–Trinajstić information content (AvgIpc) is 2.30. The highest BCUT2D eigenvalue weighted by atomic mass is 16.5. The molecule has 1 heterocycles. The van der Waals surface area contributed by atoms with E-state index in [4.69, 9.17) is 4.74 Å². The second-order valence-corrected chi connectivity index (χ2v) is 5.52. The largest absolute Gasteiger partial charge is 0.378 e. The van der Waals surface area contributed by atoms with Crippen LogP contribution in [0, 0.1) is 5.92 Å². The second-order valence-electron chi connectivity index (χ2n) is 5.52. The first-order valence-corrected chi connectivity index (χ1v) is 7.01. The fourth-order valence-electron chi connectivity index (χ4n) is 2.39. The van der Waals surface area contributed by atoms with Crippen molar-refractivity contribution in [2.24, 2.45) is 5.92 Å². The van der Waals surface area contributed by atoms with Crippen LogP contribution in [-0.2, 0) is 4.74 Å². The maximum absolute atomic E-state index is 5.77. The SMILES string of the molecule is CNC(CCC(C)C)CCC1CCCCO1. The van der Waals surface area contributed by atoms with Gasteiger partial charge in [-0.1, -0.05) is 13.8 Å². The van der Waals surface area contributed by atoms with Gasteiger partial charge in [0, 0.05) is 12.6 Å². The van der Waals surface area contributed by atoms with Crippen LogP contribution in [0.1, 0.15) is 58.8 Å². The van der Waals surface area contributed by atoms with Crippen molar-refractivity contribution in [3.05, 3.63) is 0 Å². The monoisotopic (exact) mass is 227 g/mol. The summed E-state index contributed by atoms with van der Waals surface area (Å²) in [5, 5.41) is 3.44. The van der Waals surface area contributed by atoms with Crippen LogP contribution in [-0.4, -0.2) is 25.8 Å². The molecule has 2 nitrogen and oxygen atoms in total. The Morgan fingerprint density at radius 3 is 2.56 bits per heavy atom. The summed E-state index contributed by atoms with van der Waals surface area (Å²) in [4.78, 5) is 0. The van der Waals surface area contributed by atoms with Gasteiger partial charge in [0.1, 0.15) is 0 Å². The van der Waals surface area contributed by atoms with Gasteiger partial charge < -0.3 is 10.1 Å². The van der Waals surface area contributed by atoms with Gasteiger partial charge in [-0.2, -0.15) is 0 Å². The van der Waals surface area contributed by atoms with Crippen LogP contribution in [0.4, 0.5) is 0 Å². The van der Waals surface area contributed by atoms with E-state index < -0.39 is 0 Å². The lowest BCUT2D eigenvalue weighted by atomic mass is 9.97. The van der Waals surface area contributed by atoms with Crippen molar-refractivity contribution in [2.45, 2.75) is 70.9 Å². The van der Waals surface area contributed by atoms with E-state index in [1.165, 1.54) is 44.9 Å². The Labute approximate surface area is 101 Å². The smallest absolute Gasteiger partial charge is 0.0575 e. The van der Waals surface area contributed by atoms with Gasteiger partial charge in [0.2, 0.25) is 0 Å². The number of rotatable bonds is 7. The molecule has 1 aliphatic heterocycles. The van der Waals surface area contributed by atoms with Gasteiger partial charge in [-0.05, 0) is 57.9 Å². The Morgan fingerprint density at radius 1 is 1.19 bits per heavy atom. The third-order valence-electron chi connectivity index (χ3n) is 3.61. The van der Waals surface area contributed by atoms with Gasteiger partial charge in [-0.25, -0.2) is 0 Å². The molecule has 96 valence electrons. The lowest BCUT2D eigenvalue weighted by molar-refractivity contribution is 0.00849. The van der Waals surface area contributed by atoms with Gasteiger partial charge in [-0.15, -0.1) is 0 Å². The Kier molecular flexibility index (Phi) is 7.06. The molecule has 1 N–H and O–H groups in total. The Morgan fingerprint density at radius 2 is 2.00 bits per heavy atom. The van der Waals surface area contributed by atoms with Gasteiger partial charge in [-0.3, -0.25) is 0 Å². The Hall–Kier alpha value is -0.0800. The predicted octanol–water partition coefficient (Wildman–Crippen LogP) is 3.36. The summed E-state index contributed by atoms with van der Waals surface area (Å²) >= 11 is 0. The fourth-order valence-corrected chi connectivity index (χ4v) is 2.39. The van der Waals surface area contributed by atoms with Crippen LogP contribution < -0.4 is 5.32 Å². The third kappa shape index (κ3) is 5.86. The summed E-state index contributed by atoms with van der Waals surface area (Å²) in [7, 11) is 2.09. The van der Waals surface area contributed by atoms with Crippen LogP contribution in [0.15, 0.2) is 0 Å². The normalized spacial score (nSPS) is 23.6. The highest BCUT2D eigenvalue weighted by molar-refractivity contribution is 4.70. The van der Waals surface area contributed by atoms with Crippen LogP contribution in [0.3, 0.4) is 0 Å². The van der Waals surface area contributed by atoms with Crippen molar-refractivity contribution in [2.75, 3.05) is 13.7 Å². The lowest BCUT2D eigenvalue weighted by Crippen LogP contribution is -2.28. The fraction of sp³-hybridized carbons (Fsp3) is 1.00. The van der Waals surface area contributed by atoms with Crippen molar-refractivity contribution in [3.8, 4) is 0 Å². The molecule has 2 unspecified atom stereocenters. The molecule has 0 aromatic carbocycles. The summed E-state index contributed by atoms with van der Waals surface area (Å²) < 4.78 is 5.77. The zero-order valence-corrected chi connectivity index (χ0v) is 11.3. The topological polar surface area (TPSA) is 21.3 Å². The van der Waals surface area contributed by atoms with Crippen molar-refractivity contribution >= 4 is 0 Å². The minimum atomic E-state index is 0.545. The van der Waals surface area contributed by atoms with Gasteiger partial charge >= 0.3 is 0 Å². The molecule has 1 saturated heterocycles. The zero-order valence-electron chi connectivity index (χ0n) is 11.3. The maximum Gasteiger partial charge on any atom is 0.0575 e. The van der Waals surface area contributed by atoms with Gasteiger partial charge in [0.25, 0.3) is 0 Å². The molecule has 0 spiro atoms. The standard InChI is InChI=1S/C14H29NO/c1-12(2)7-8-13(15-3)9-10-14-6-4-5-11-16-14/h12-15H,4-11H2,1-3H3. The first-order chi connectivity index (χ1) is 7.72. The lowest BCUT2D eigenvalue weighted by Gasteiger charge is -2.25. The zero-order chi connectivity index (χ0) is 11.8. The minimum Gasteiger partial charge on any atom is -0.378 e. The quantitative estimate of drug-likeness (QED) is 0.720. The minimum absolute atomic E-state index is 0.545. The van der Waals surface area contributed by atoms with Crippen molar-refractivity contribution in [1.29, 1.82) is 0 Å². The Bertz CT molecular complexity index is 164. The van der Waals surface area contributed by atoms with E-state index in [0.717, 1.165) is 12.5 Å². The van der Waals surface area contributed by atoms with Crippen molar-refractivity contribution in [1.82, 2.24) is 5.32 Å². The highest BCUT2D eigenvalue weighted by Gasteiger charge is 2.16. The first-order valence-electron chi connectivity index (χ1n) is 7.01. The molecule has 0 bridgehead atoms. The number of hydrogen-bond acceptors (Lipinski definition) is 2. The van der Waals surface area contributed by atoms with Crippen LogP contribution >= 0.6 is 0 Å². The molecule has 0 saturated carbocycles. The van der Waals surface area contributed by atoms with Crippen LogP contribution in [0.25, 0.3) is 0 Å². The molecule has 0 amide bonds. The van der Waals surface area contributed by atoms with Gasteiger partial charge in [0.15, 0.2) is 0 Å². The van der Waals surface area contributed by atoms with E-state index >= 15 is 0 Å². The maximum atomic E-state index is 5.77. The highest BCUT2D eigenvalue weighted by Crippen LogP contribution is 2.19. The second kappa shape index (κ2) is 8.08. The van der Waals surface area contributed by atoms with E-state index in [2.05, 4.69) is 26.2 Å². The predicted molar refractivity (Wildman–Crippen MR) is 69.7 cm³/mol. The van der Waals surface area contributed by atoms with Crippen LogP contribution in [0.2, 0.25) is 0 Å². The molecule has 1 rings (SSSR count). The summed E-state index contributed by atoms with van der Waals surface area (Å²) in [5.74, 6) is 0.821. The summed E-state index contributed by atoms with van der Waals surface area (Å²) in [5.41, 5.74) is 0. The molecule has 0 aliphatic carbocycles. The van der Waals surface area contributed by atoms with E-state index in [9.17, 15) is 0 Å². The van der Waals surface area contributed by atoms with Crippen molar-refractivity contribution in [3.63, 3.8) is 0 Å². The van der Waals surface area contributed by atoms with E-state index in [1.54, 1.807) is 0 Å². The molecule has 0 aromatic rings. The number of hydrogen-bond donors (Lipinski definition) is 1. The van der Waals surface area contributed by atoms with Crippen LogP contribution in [0.5, 0.6) is 0 Å². The molecular formula is C14H29NO. The summed E-state index contributed by atoms with van der Waals surface area (Å²) in [6.45, 7) is 5.59. The first kappa shape index (κ1) is 14.0. The molecule has 0 radical (unpaired) electrons. The average molecular weight is 227 g/mol. The third-order valence-corrected chi connectivity index (χ3v) is 3.61. The summed E-state index contributed by atoms with van der Waals surface area (Å²) in [6.07, 6.45) is 9.60. The molecular weight excluding hydrogens is 198 g/mol.